The molecule has 0 saturated carbocycles. The molecule has 0 N–H and O–H groups in total. The number of rotatable bonds is 6. The molecule has 0 aromatic rings. The molecule has 0 amide bonds. The van der Waals surface area contributed by atoms with Gasteiger partial charge in [0.2, 0.25) is 5.78 Å². The molecule has 6 atom stereocenters. The van der Waals surface area contributed by atoms with Gasteiger partial charge >= 0.3 is 5.97 Å². The average Bonchev–Trinajstić information content (AvgIpc) is 3.20. The molecule has 2 saturated heterocycles. The van der Waals surface area contributed by atoms with Gasteiger partial charge in [-0.15, -0.1) is 0 Å². The summed E-state index contributed by atoms with van der Waals surface area (Å²) < 4.78 is 23.0. The number of methoxy groups -OCH3 is 1. The van der Waals surface area contributed by atoms with Crippen LogP contribution in [-0.2, 0) is 33.3 Å². The van der Waals surface area contributed by atoms with Crippen LogP contribution in [0.2, 0.25) is 0 Å². The van der Waals surface area contributed by atoms with E-state index in [0.717, 1.165) is 0 Å². The van der Waals surface area contributed by atoms with E-state index >= 15 is 0 Å². The zero-order chi connectivity index (χ0) is 19.3. The number of esters is 1. The fourth-order valence-corrected chi connectivity index (χ4v) is 4.45. The van der Waals surface area contributed by atoms with Crippen molar-refractivity contribution in [2.75, 3.05) is 7.11 Å². The van der Waals surface area contributed by atoms with Crippen molar-refractivity contribution in [1.29, 1.82) is 0 Å². The van der Waals surface area contributed by atoms with Crippen LogP contribution >= 0.6 is 0 Å². The number of cyclic esters (lactones) is 1. The number of ketones is 1. The fourth-order valence-electron chi connectivity index (χ4n) is 4.45. The average molecular weight is 366 g/mol. The highest BCUT2D eigenvalue weighted by Crippen LogP contribution is 2.53. The monoisotopic (exact) mass is 366 g/mol. The van der Waals surface area contributed by atoms with E-state index in [9.17, 15) is 14.4 Å². The number of fused-ring (bicyclic) bond motifs is 1. The SMILES string of the molecule is CCC1=CC(=O)[C@@](C)(C[C@@H]2O[C@](OC)(C(C)C)[C@H]3C(=O)O[C@H](C=O)[C@@H]23)O1. The van der Waals surface area contributed by atoms with Crippen LogP contribution in [0.3, 0.4) is 0 Å². The quantitative estimate of drug-likeness (QED) is 0.523. The molecule has 7 heteroatoms. The summed E-state index contributed by atoms with van der Waals surface area (Å²) in [4.78, 5) is 36.5. The van der Waals surface area contributed by atoms with Crippen LogP contribution in [0, 0.1) is 17.8 Å². The number of allylic oxidation sites excluding steroid dienone is 1. The third kappa shape index (κ3) is 2.60. The lowest BCUT2D eigenvalue weighted by atomic mass is 9.77. The van der Waals surface area contributed by atoms with Gasteiger partial charge in [-0.2, -0.15) is 0 Å². The molecule has 0 aromatic carbocycles. The van der Waals surface area contributed by atoms with Crippen molar-refractivity contribution in [2.45, 2.75) is 64.1 Å². The Bertz CT molecular complexity index is 654. The Kier molecular flexibility index (Phi) is 4.73. The Morgan fingerprint density at radius 3 is 2.54 bits per heavy atom. The van der Waals surface area contributed by atoms with Crippen molar-refractivity contribution in [3.05, 3.63) is 11.8 Å². The summed E-state index contributed by atoms with van der Waals surface area (Å²) in [5, 5.41) is 0. The van der Waals surface area contributed by atoms with E-state index in [1.165, 1.54) is 13.2 Å². The van der Waals surface area contributed by atoms with E-state index < -0.39 is 41.4 Å². The smallest absolute Gasteiger partial charge is 0.315 e. The normalized spacial score (nSPS) is 41.8. The predicted octanol–water partition coefficient (Wildman–Crippen LogP) is 1.78. The molecule has 0 radical (unpaired) electrons. The first-order valence-corrected chi connectivity index (χ1v) is 9.05. The van der Waals surface area contributed by atoms with E-state index in [0.29, 0.717) is 18.5 Å². The van der Waals surface area contributed by atoms with E-state index in [2.05, 4.69) is 0 Å². The number of ether oxygens (including phenoxy) is 4. The Balaban J connectivity index is 1.93. The van der Waals surface area contributed by atoms with Gasteiger partial charge in [0.25, 0.3) is 0 Å². The first kappa shape index (κ1) is 19.0. The van der Waals surface area contributed by atoms with Gasteiger partial charge in [-0.3, -0.25) is 14.4 Å². The molecule has 0 bridgehead atoms. The molecular weight excluding hydrogens is 340 g/mol. The van der Waals surface area contributed by atoms with Crippen LogP contribution in [0.25, 0.3) is 0 Å². The van der Waals surface area contributed by atoms with Crippen LogP contribution in [0.5, 0.6) is 0 Å². The largest absolute Gasteiger partial charge is 0.484 e. The Hall–Kier alpha value is -1.73. The molecule has 2 fully saturated rings. The lowest BCUT2D eigenvalue weighted by Crippen LogP contribution is -2.46. The maximum absolute atomic E-state index is 12.5. The predicted molar refractivity (Wildman–Crippen MR) is 89.9 cm³/mol. The summed E-state index contributed by atoms with van der Waals surface area (Å²) in [5.41, 5.74) is -1.08. The highest BCUT2D eigenvalue weighted by molar-refractivity contribution is 5.99. The Morgan fingerprint density at radius 1 is 1.35 bits per heavy atom. The van der Waals surface area contributed by atoms with Gasteiger partial charge in [-0.1, -0.05) is 20.8 Å². The summed E-state index contributed by atoms with van der Waals surface area (Å²) in [7, 11) is 1.48. The molecule has 3 aliphatic rings. The highest BCUT2D eigenvalue weighted by Gasteiger charge is 2.68. The number of carbonyl (C=O) groups is 3. The topological polar surface area (TPSA) is 88.1 Å². The van der Waals surface area contributed by atoms with Crippen molar-refractivity contribution in [1.82, 2.24) is 0 Å². The summed E-state index contributed by atoms with van der Waals surface area (Å²) in [6.07, 6.45) is 1.47. The van der Waals surface area contributed by atoms with Crippen molar-refractivity contribution in [3.63, 3.8) is 0 Å². The molecule has 0 aromatic heterocycles. The molecule has 26 heavy (non-hydrogen) atoms. The van der Waals surface area contributed by atoms with E-state index in [1.54, 1.807) is 6.92 Å². The van der Waals surface area contributed by atoms with Gasteiger partial charge < -0.3 is 18.9 Å². The zero-order valence-corrected chi connectivity index (χ0v) is 15.8. The minimum absolute atomic E-state index is 0.137. The molecule has 3 rings (SSSR count). The van der Waals surface area contributed by atoms with Gasteiger partial charge in [-0.05, 0) is 6.92 Å². The van der Waals surface area contributed by atoms with E-state index in [1.807, 2.05) is 20.8 Å². The van der Waals surface area contributed by atoms with Gasteiger partial charge in [0, 0.05) is 37.9 Å². The highest BCUT2D eigenvalue weighted by atomic mass is 16.7. The fraction of sp³-hybridized carbons (Fsp3) is 0.737. The Morgan fingerprint density at radius 2 is 2.04 bits per heavy atom. The summed E-state index contributed by atoms with van der Waals surface area (Å²) >= 11 is 0. The number of aldehydes is 1. The van der Waals surface area contributed by atoms with Crippen molar-refractivity contribution >= 4 is 18.0 Å². The van der Waals surface area contributed by atoms with Crippen LogP contribution in [-0.4, -0.2) is 48.7 Å². The minimum Gasteiger partial charge on any atom is -0.484 e. The van der Waals surface area contributed by atoms with Crippen LogP contribution in [0.15, 0.2) is 11.8 Å². The second kappa shape index (κ2) is 6.46. The van der Waals surface area contributed by atoms with Crippen LogP contribution in [0.4, 0.5) is 0 Å². The van der Waals surface area contributed by atoms with Gasteiger partial charge in [-0.25, -0.2) is 0 Å². The first-order chi connectivity index (χ1) is 12.2. The van der Waals surface area contributed by atoms with Gasteiger partial charge in [0.15, 0.2) is 23.8 Å². The number of hydrogen-bond acceptors (Lipinski definition) is 7. The van der Waals surface area contributed by atoms with Crippen LogP contribution in [0.1, 0.15) is 40.5 Å². The number of carbonyl (C=O) groups excluding carboxylic acids is 3. The van der Waals surface area contributed by atoms with Crippen LogP contribution < -0.4 is 0 Å². The van der Waals surface area contributed by atoms with E-state index in [4.69, 9.17) is 18.9 Å². The van der Waals surface area contributed by atoms with E-state index in [-0.39, 0.29) is 18.1 Å². The standard InChI is InChI=1S/C19H26O7/c1-6-11-7-14(21)18(4,25-11)8-12-15-13(9-20)24-17(22)16(15)19(23-5,26-12)10(2)3/h7,9-10,12-13,15-16H,6,8H2,1-5H3/t12-,13+,15+,16+,18+,19+/m0/s1. The van der Waals surface area contributed by atoms with Crippen molar-refractivity contribution in [2.24, 2.45) is 17.8 Å². The molecule has 0 aliphatic carbocycles. The molecule has 7 nitrogen and oxygen atoms in total. The number of hydrogen-bond donors (Lipinski definition) is 0. The molecule has 3 aliphatic heterocycles. The minimum atomic E-state index is -1.19. The maximum atomic E-state index is 12.5. The molecule has 0 unspecified atom stereocenters. The lowest BCUT2D eigenvalue weighted by Gasteiger charge is -2.35. The third-order valence-electron chi connectivity index (χ3n) is 5.84. The molecule has 0 spiro atoms. The lowest BCUT2D eigenvalue weighted by molar-refractivity contribution is -0.260. The second-order valence-electron chi connectivity index (χ2n) is 7.69. The van der Waals surface area contributed by atoms with Crippen molar-refractivity contribution < 1.29 is 33.3 Å². The first-order valence-electron chi connectivity index (χ1n) is 9.05. The molecule has 3 heterocycles. The molecular formula is C19H26O7. The Labute approximate surface area is 153 Å². The van der Waals surface area contributed by atoms with Gasteiger partial charge in [0.05, 0.1) is 6.10 Å². The summed E-state index contributed by atoms with van der Waals surface area (Å²) in [6.45, 7) is 7.40. The molecule has 144 valence electrons. The summed E-state index contributed by atoms with van der Waals surface area (Å²) in [6, 6.07) is 0. The third-order valence-corrected chi connectivity index (χ3v) is 5.84. The maximum Gasteiger partial charge on any atom is 0.315 e. The van der Waals surface area contributed by atoms with Crippen molar-refractivity contribution in [3.8, 4) is 0 Å². The van der Waals surface area contributed by atoms with Gasteiger partial charge in [0.1, 0.15) is 11.7 Å². The second-order valence-corrected chi connectivity index (χ2v) is 7.69. The summed E-state index contributed by atoms with van der Waals surface area (Å²) in [5.74, 6) is -2.58. The zero-order valence-electron chi connectivity index (χ0n) is 15.8.